The third kappa shape index (κ3) is 2.32. The fourth-order valence-electron chi connectivity index (χ4n) is 2.51. The number of hydrogen-bond donors (Lipinski definition) is 1. The Morgan fingerprint density at radius 3 is 3.07 bits per heavy atom. The van der Waals surface area contributed by atoms with Crippen molar-refractivity contribution in [3.8, 4) is 0 Å². The lowest BCUT2D eigenvalue weighted by atomic mass is 9.87. The molecule has 1 spiro atoms. The molecule has 1 unspecified atom stereocenters. The van der Waals surface area contributed by atoms with Crippen LogP contribution in [0.15, 0.2) is 0 Å². The van der Waals surface area contributed by atoms with E-state index in [1.54, 1.807) is 0 Å². The minimum Gasteiger partial charge on any atom is -0.381 e. The van der Waals surface area contributed by atoms with Crippen molar-refractivity contribution in [1.29, 1.82) is 0 Å². The molecule has 0 aromatic rings. The molecule has 4 heteroatoms. The van der Waals surface area contributed by atoms with Crippen molar-refractivity contribution in [2.24, 2.45) is 5.41 Å². The smallest absolute Gasteiger partial charge is 0.223 e. The number of carbonyl (C=O) groups is 1. The van der Waals surface area contributed by atoms with Crippen molar-refractivity contribution < 1.29 is 9.53 Å². The molecule has 1 N–H and O–H groups in total. The van der Waals surface area contributed by atoms with Gasteiger partial charge in [-0.1, -0.05) is 0 Å². The van der Waals surface area contributed by atoms with Gasteiger partial charge in [0.05, 0.1) is 6.61 Å². The molecule has 0 saturated carbocycles. The lowest BCUT2D eigenvalue weighted by Gasteiger charge is -2.21. The van der Waals surface area contributed by atoms with Crippen LogP contribution in [0.3, 0.4) is 0 Å². The quantitative estimate of drug-likeness (QED) is 0.728. The van der Waals surface area contributed by atoms with Crippen LogP contribution in [0.5, 0.6) is 0 Å². The summed E-state index contributed by atoms with van der Waals surface area (Å²) in [6.07, 6.45) is 2.87. The zero-order valence-electron chi connectivity index (χ0n) is 9.42. The number of nitrogens with one attached hydrogen (secondary N) is 1. The fourth-order valence-corrected chi connectivity index (χ4v) is 2.51. The van der Waals surface area contributed by atoms with Crippen molar-refractivity contribution in [3.63, 3.8) is 0 Å². The molecule has 0 bridgehead atoms. The SMILES string of the molecule is CNCCC(=O)N1CCC2(CCOC2)C1. The normalized spacial score (nSPS) is 30.3. The van der Waals surface area contributed by atoms with Crippen molar-refractivity contribution in [3.05, 3.63) is 0 Å². The second kappa shape index (κ2) is 4.49. The van der Waals surface area contributed by atoms with Crippen molar-refractivity contribution in [2.45, 2.75) is 19.3 Å². The van der Waals surface area contributed by atoms with Gasteiger partial charge >= 0.3 is 0 Å². The average Bonchev–Trinajstić information content (AvgIpc) is 2.86. The third-order valence-corrected chi connectivity index (χ3v) is 3.56. The molecular weight excluding hydrogens is 192 g/mol. The summed E-state index contributed by atoms with van der Waals surface area (Å²) < 4.78 is 5.44. The third-order valence-electron chi connectivity index (χ3n) is 3.56. The molecule has 15 heavy (non-hydrogen) atoms. The molecular formula is C11H20N2O2. The van der Waals surface area contributed by atoms with E-state index in [0.717, 1.165) is 45.7 Å². The summed E-state index contributed by atoms with van der Waals surface area (Å²) in [5.41, 5.74) is 0.301. The molecule has 2 heterocycles. The number of hydrogen-bond acceptors (Lipinski definition) is 3. The first-order valence-corrected chi connectivity index (χ1v) is 5.76. The summed E-state index contributed by atoms with van der Waals surface area (Å²) in [6.45, 7) is 4.33. The molecule has 2 fully saturated rings. The monoisotopic (exact) mass is 212 g/mol. The first-order chi connectivity index (χ1) is 7.26. The molecule has 1 atom stereocenters. The molecule has 0 radical (unpaired) electrons. The predicted molar refractivity (Wildman–Crippen MR) is 57.6 cm³/mol. The first-order valence-electron chi connectivity index (χ1n) is 5.76. The van der Waals surface area contributed by atoms with E-state index >= 15 is 0 Å². The van der Waals surface area contributed by atoms with Gasteiger partial charge in [-0.2, -0.15) is 0 Å². The predicted octanol–water partition coefficient (Wildman–Crippen LogP) is 0.235. The van der Waals surface area contributed by atoms with Gasteiger partial charge in [0.15, 0.2) is 0 Å². The Morgan fingerprint density at radius 2 is 2.40 bits per heavy atom. The van der Waals surface area contributed by atoms with Crippen molar-refractivity contribution >= 4 is 5.91 Å². The second-order valence-electron chi connectivity index (χ2n) is 4.72. The number of ether oxygens (including phenoxy) is 1. The van der Waals surface area contributed by atoms with Gasteiger partial charge in [0.1, 0.15) is 0 Å². The topological polar surface area (TPSA) is 41.6 Å². The van der Waals surface area contributed by atoms with Crippen LogP contribution in [0.25, 0.3) is 0 Å². The Labute approximate surface area is 91.0 Å². The van der Waals surface area contributed by atoms with Gasteiger partial charge in [-0.05, 0) is 19.9 Å². The highest BCUT2D eigenvalue weighted by molar-refractivity contribution is 5.76. The van der Waals surface area contributed by atoms with Crippen LogP contribution in [0.4, 0.5) is 0 Å². The minimum absolute atomic E-state index is 0.285. The Morgan fingerprint density at radius 1 is 1.53 bits per heavy atom. The van der Waals surface area contributed by atoms with E-state index in [9.17, 15) is 4.79 Å². The molecule has 2 aliphatic rings. The zero-order chi connectivity index (χ0) is 10.7. The lowest BCUT2D eigenvalue weighted by Crippen LogP contribution is -2.33. The molecule has 4 nitrogen and oxygen atoms in total. The largest absolute Gasteiger partial charge is 0.381 e. The molecule has 0 aromatic heterocycles. The lowest BCUT2D eigenvalue weighted by molar-refractivity contribution is -0.130. The number of carbonyl (C=O) groups excluding carboxylic acids is 1. The van der Waals surface area contributed by atoms with Gasteiger partial charge in [0.2, 0.25) is 5.91 Å². The summed E-state index contributed by atoms with van der Waals surface area (Å²) in [6, 6.07) is 0. The molecule has 1 amide bonds. The van der Waals surface area contributed by atoms with Crippen LogP contribution in [-0.2, 0) is 9.53 Å². The Hall–Kier alpha value is -0.610. The van der Waals surface area contributed by atoms with Crippen LogP contribution >= 0.6 is 0 Å². The summed E-state index contributed by atoms with van der Waals surface area (Å²) in [5, 5.41) is 3.01. The van der Waals surface area contributed by atoms with Crippen LogP contribution < -0.4 is 5.32 Å². The van der Waals surface area contributed by atoms with E-state index in [-0.39, 0.29) is 5.91 Å². The summed E-state index contributed by atoms with van der Waals surface area (Å²) >= 11 is 0. The molecule has 0 aliphatic carbocycles. The van der Waals surface area contributed by atoms with Gasteiger partial charge in [0, 0.05) is 38.1 Å². The van der Waals surface area contributed by atoms with Crippen molar-refractivity contribution in [1.82, 2.24) is 10.2 Å². The molecule has 86 valence electrons. The Balaban J connectivity index is 1.83. The van der Waals surface area contributed by atoms with Crippen LogP contribution in [-0.4, -0.2) is 50.7 Å². The van der Waals surface area contributed by atoms with E-state index in [1.807, 2.05) is 11.9 Å². The molecule has 2 aliphatic heterocycles. The van der Waals surface area contributed by atoms with E-state index < -0.39 is 0 Å². The maximum atomic E-state index is 11.8. The highest BCUT2D eigenvalue weighted by Gasteiger charge is 2.42. The Bertz CT molecular complexity index is 237. The van der Waals surface area contributed by atoms with Crippen LogP contribution in [0, 0.1) is 5.41 Å². The van der Waals surface area contributed by atoms with Crippen LogP contribution in [0.1, 0.15) is 19.3 Å². The highest BCUT2D eigenvalue weighted by atomic mass is 16.5. The number of likely N-dealkylation sites (tertiary alicyclic amines) is 1. The average molecular weight is 212 g/mol. The van der Waals surface area contributed by atoms with Crippen LogP contribution in [0.2, 0.25) is 0 Å². The summed E-state index contributed by atoms with van der Waals surface area (Å²) in [4.78, 5) is 13.8. The molecule has 2 rings (SSSR count). The van der Waals surface area contributed by atoms with E-state index in [4.69, 9.17) is 4.74 Å². The maximum absolute atomic E-state index is 11.8. The van der Waals surface area contributed by atoms with Gasteiger partial charge in [-0.25, -0.2) is 0 Å². The van der Waals surface area contributed by atoms with Crippen molar-refractivity contribution in [2.75, 3.05) is 39.9 Å². The second-order valence-corrected chi connectivity index (χ2v) is 4.72. The van der Waals surface area contributed by atoms with Gasteiger partial charge < -0.3 is 15.0 Å². The first kappa shape index (κ1) is 10.9. The highest BCUT2D eigenvalue weighted by Crippen LogP contribution is 2.38. The summed E-state index contributed by atoms with van der Waals surface area (Å²) in [5.74, 6) is 0.285. The zero-order valence-corrected chi connectivity index (χ0v) is 9.42. The minimum atomic E-state index is 0.285. The Kier molecular flexibility index (Phi) is 3.26. The van der Waals surface area contributed by atoms with E-state index in [0.29, 0.717) is 11.8 Å². The summed E-state index contributed by atoms with van der Waals surface area (Å²) in [7, 11) is 1.88. The molecule has 2 saturated heterocycles. The standard InChI is InChI=1S/C11H20N2O2/c1-12-5-2-10(14)13-6-3-11(8-13)4-7-15-9-11/h12H,2-9H2,1H3. The van der Waals surface area contributed by atoms with Gasteiger partial charge in [0.25, 0.3) is 0 Å². The maximum Gasteiger partial charge on any atom is 0.223 e. The fraction of sp³-hybridized carbons (Fsp3) is 0.909. The van der Waals surface area contributed by atoms with E-state index in [2.05, 4.69) is 5.32 Å². The number of amides is 1. The molecule has 0 aromatic carbocycles. The van der Waals surface area contributed by atoms with Gasteiger partial charge in [-0.15, -0.1) is 0 Å². The van der Waals surface area contributed by atoms with Gasteiger partial charge in [-0.3, -0.25) is 4.79 Å². The number of rotatable bonds is 3. The van der Waals surface area contributed by atoms with E-state index in [1.165, 1.54) is 0 Å². The number of nitrogens with zero attached hydrogens (tertiary/aromatic N) is 1.